The van der Waals surface area contributed by atoms with Crippen LogP contribution < -0.4 is 14.2 Å². The number of ether oxygens (including phenoxy) is 2. The molecule has 0 radical (unpaired) electrons. The molecule has 10 heteroatoms. The van der Waals surface area contributed by atoms with E-state index in [0.29, 0.717) is 30.6 Å². The fourth-order valence-electron chi connectivity index (χ4n) is 3.48. The van der Waals surface area contributed by atoms with Gasteiger partial charge in [0.25, 0.3) is 0 Å². The van der Waals surface area contributed by atoms with Crippen molar-refractivity contribution < 1.29 is 17.9 Å². The monoisotopic (exact) mass is 409 g/mol. The van der Waals surface area contributed by atoms with Crippen molar-refractivity contribution in [1.82, 2.24) is 24.9 Å². The molecular weight excluding hydrogens is 382 g/mol. The lowest BCUT2D eigenvalue weighted by Gasteiger charge is -2.29. The highest BCUT2D eigenvalue weighted by Gasteiger charge is 2.30. The molecule has 2 aromatic rings. The number of benzene rings is 1. The van der Waals surface area contributed by atoms with Gasteiger partial charge in [-0.1, -0.05) is 19.8 Å². The van der Waals surface area contributed by atoms with Crippen molar-refractivity contribution in [3.05, 3.63) is 18.5 Å². The summed E-state index contributed by atoms with van der Waals surface area (Å²) in [5, 5.41) is 11.2. The third-order valence-corrected chi connectivity index (χ3v) is 6.44. The van der Waals surface area contributed by atoms with Crippen molar-refractivity contribution in [1.29, 1.82) is 0 Å². The lowest BCUT2D eigenvalue weighted by Crippen LogP contribution is -2.41. The van der Waals surface area contributed by atoms with E-state index in [-0.39, 0.29) is 16.7 Å². The van der Waals surface area contributed by atoms with Crippen LogP contribution >= 0.6 is 0 Å². The fourth-order valence-corrected chi connectivity index (χ4v) is 5.01. The van der Waals surface area contributed by atoms with E-state index in [9.17, 15) is 8.42 Å². The first-order valence-corrected chi connectivity index (χ1v) is 11.1. The Morgan fingerprint density at radius 2 is 1.86 bits per heavy atom. The Labute approximate surface area is 165 Å². The van der Waals surface area contributed by atoms with Crippen LogP contribution in [0.2, 0.25) is 0 Å². The second-order valence-electron chi connectivity index (χ2n) is 6.88. The summed E-state index contributed by atoms with van der Waals surface area (Å²) in [4.78, 5) is 0.0624. The van der Waals surface area contributed by atoms with E-state index in [4.69, 9.17) is 9.47 Å². The predicted molar refractivity (Wildman–Crippen MR) is 103 cm³/mol. The Morgan fingerprint density at radius 3 is 2.50 bits per heavy atom. The third-order valence-electron chi connectivity index (χ3n) is 4.93. The zero-order chi connectivity index (χ0) is 20.1. The highest BCUT2D eigenvalue weighted by molar-refractivity contribution is 7.89. The molecule has 0 spiro atoms. The molecule has 0 amide bonds. The van der Waals surface area contributed by atoms with Crippen LogP contribution in [0.3, 0.4) is 0 Å². The maximum Gasteiger partial charge on any atom is 0.244 e. The van der Waals surface area contributed by atoms with Crippen LogP contribution in [0.5, 0.6) is 11.5 Å². The van der Waals surface area contributed by atoms with E-state index in [1.807, 2.05) is 6.92 Å². The quantitative estimate of drug-likeness (QED) is 0.713. The van der Waals surface area contributed by atoms with Gasteiger partial charge in [-0.3, -0.25) is 0 Å². The van der Waals surface area contributed by atoms with Crippen LogP contribution in [0.25, 0.3) is 5.69 Å². The van der Waals surface area contributed by atoms with Gasteiger partial charge in [0.05, 0.1) is 13.2 Å². The maximum atomic E-state index is 13.2. The first-order valence-electron chi connectivity index (χ1n) is 9.65. The second-order valence-corrected chi connectivity index (χ2v) is 8.56. The molecule has 1 aliphatic rings. The van der Waals surface area contributed by atoms with Gasteiger partial charge in [0.1, 0.15) is 28.4 Å². The van der Waals surface area contributed by atoms with Crippen LogP contribution in [0.4, 0.5) is 0 Å². The molecule has 1 saturated carbocycles. The van der Waals surface area contributed by atoms with Crippen molar-refractivity contribution >= 4 is 10.0 Å². The Hall–Kier alpha value is -2.20. The summed E-state index contributed by atoms with van der Waals surface area (Å²) in [6, 6.07) is 3.01. The molecule has 9 nitrogen and oxygen atoms in total. The van der Waals surface area contributed by atoms with E-state index in [1.54, 1.807) is 13.0 Å². The number of hydrogen-bond acceptors (Lipinski definition) is 7. The Bertz CT molecular complexity index is 886. The Balaban J connectivity index is 2.03. The standard InChI is InChI=1S/C18H27N5O4S/c1-4-26-16-11-18(28(24,25)20-14-9-7-6-8-13(14)3)17(27-5-2)10-15(16)23-12-19-21-22-23/h10-14,20H,4-9H2,1-3H3. The molecule has 0 aliphatic heterocycles. The van der Waals surface area contributed by atoms with E-state index in [0.717, 1.165) is 25.7 Å². The van der Waals surface area contributed by atoms with Crippen molar-refractivity contribution in [3.63, 3.8) is 0 Å². The minimum absolute atomic E-state index is 0.0624. The van der Waals surface area contributed by atoms with Gasteiger partial charge in [0.15, 0.2) is 0 Å². The van der Waals surface area contributed by atoms with Crippen molar-refractivity contribution in [2.24, 2.45) is 5.92 Å². The minimum atomic E-state index is -3.79. The summed E-state index contributed by atoms with van der Waals surface area (Å²) < 4.78 is 42.0. The van der Waals surface area contributed by atoms with Gasteiger partial charge in [-0.2, -0.15) is 4.68 Å². The number of rotatable bonds is 8. The average molecular weight is 410 g/mol. The molecule has 0 saturated heterocycles. The molecule has 0 bridgehead atoms. The van der Waals surface area contributed by atoms with Crippen LogP contribution in [0.1, 0.15) is 46.5 Å². The molecule has 154 valence electrons. The SMILES string of the molecule is CCOc1cc(S(=O)(=O)NC2CCCCC2C)c(OCC)cc1-n1cnnn1. The summed E-state index contributed by atoms with van der Waals surface area (Å²) in [6.07, 6.45) is 5.44. The van der Waals surface area contributed by atoms with Crippen LogP contribution in [-0.2, 0) is 10.0 Å². The topological polar surface area (TPSA) is 108 Å². The van der Waals surface area contributed by atoms with Crippen LogP contribution in [-0.4, -0.2) is 47.9 Å². The normalized spacial score (nSPS) is 20.1. The summed E-state index contributed by atoms with van der Waals surface area (Å²) in [7, 11) is -3.79. The molecule has 2 atom stereocenters. The second kappa shape index (κ2) is 8.87. The molecule has 3 rings (SSSR count). The highest BCUT2D eigenvalue weighted by atomic mass is 32.2. The van der Waals surface area contributed by atoms with Gasteiger partial charge in [-0.25, -0.2) is 13.1 Å². The molecule has 1 aliphatic carbocycles. The maximum absolute atomic E-state index is 13.2. The van der Waals surface area contributed by atoms with Crippen LogP contribution in [0.15, 0.2) is 23.4 Å². The zero-order valence-corrected chi connectivity index (χ0v) is 17.3. The summed E-state index contributed by atoms with van der Waals surface area (Å²) in [6.45, 7) is 6.42. The molecule has 28 heavy (non-hydrogen) atoms. The van der Waals surface area contributed by atoms with Gasteiger partial charge in [0, 0.05) is 18.2 Å². The van der Waals surface area contributed by atoms with Crippen molar-refractivity contribution in [3.8, 4) is 17.2 Å². The highest BCUT2D eigenvalue weighted by Crippen LogP contribution is 2.35. The number of nitrogens with zero attached hydrogens (tertiary/aromatic N) is 4. The zero-order valence-electron chi connectivity index (χ0n) is 16.5. The molecule has 2 unspecified atom stereocenters. The lowest BCUT2D eigenvalue weighted by atomic mass is 9.87. The van der Waals surface area contributed by atoms with Gasteiger partial charge < -0.3 is 9.47 Å². The van der Waals surface area contributed by atoms with Gasteiger partial charge >= 0.3 is 0 Å². The number of hydrogen-bond donors (Lipinski definition) is 1. The molecular formula is C18H27N5O4S. The first-order chi connectivity index (χ1) is 13.5. The minimum Gasteiger partial charge on any atom is -0.492 e. The number of aromatic nitrogens is 4. The summed E-state index contributed by atoms with van der Waals surface area (Å²) >= 11 is 0. The molecule has 1 aromatic carbocycles. The number of nitrogens with one attached hydrogen (secondary N) is 1. The third kappa shape index (κ3) is 4.44. The average Bonchev–Trinajstić information content (AvgIpc) is 3.19. The van der Waals surface area contributed by atoms with Crippen LogP contribution in [0, 0.1) is 5.92 Å². The smallest absolute Gasteiger partial charge is 0.244 e. The van der Waals surface area contributed by atoms with Gasteiger partial charge in [0.2, 0.25) is 10.0 Å². The summed E-state index contributed by atoms with van der Waals surface area (Å²) in [5.41, 5.74) is 0.514. The fraction of sp³-hybridized carbons (Fsp3) is 0.611. The molecule has 1 N–H and O–H groups in total. The van der Waals surface area contributed by atoms with Crippen molar-refractivity contribution in [2.45, 2.75) is 57.4 Å². The Morgan fingerprint density at radius 1 is 1.14 bits per heavy atom. The van der Waals surface area contributed by atoms with Gasteiger partial charge in [-0.05, 0) is 43.0 Å². The summed E-state index contributed by atoms with van der Waals surface area (Å²) in [5.74, 6) is 0.911. The van der Waals surface area contributed by atoms with Crippen molar-refractivity contribution in [2.75, 3.05) is 13.2 Å². The lowest BCUT2D eigenvalue weighted by molar-refractivity contribution is 0.307. The molecule has 1 aromatic heterocycles. The number of sulfonamides is 1. The first kappa shape index (κ1) is 20.5. The molecule has 1 fully saturated rings. The predicted octanol–water partition coefficient (Wildman–Crippen LogP) is 2.32. The van der Waals surface area contributed by atoms with E-state index in [1.165, 1.54) is 17.1 Å². The molecule has 1 heterocycles. The van der Waals surface area contributed by atoms with E-state index >= 15 is 0 Å². The van der Waals surface area contributed by atoms with Gasteiger partial charge in [-0.15, -0.1) is 5.10 Å². The number of tetrazole rings is 1. The van der Waals surface area contributed by atoms with E-state index < -0.39 is 10.0 Å². The Kier molecular flexibility index (Phi) is 6.50. The van der Waals surface area contributed by atoms with E-state index in [2.05, 4.69) is 27.2 Å². The largest absolute Gasteiger partial charge is 0.492 e.